The number of β-amino-alcohol motifs (C(OH)–C–C–N with tert-alkyl or cyclic N) is 1. The van der Waals surface area contributed by atoms with Gasteiger partial charge in [-0.15, -0.1) is 0 Å². The zero-order valence-corrected chi connectivity index (χ0v) is 8.32. The number of rotatable bonds is 1. The predicted molar refractivity (Wildman–Crippen MR) is 50.8 cm³/mol. The molecule has 80 valence electrons. The van der Waals surface area contributed by atoms with Gasteiger partial charge in [-0.1, -0.05) is 0 Å². The zero-order chi connectivity index (χ0) is 9.97. The van der Waals surface area contributed by atoms with Crippen LogP contribution in [0.25, 0.3) is 0 Å². The molecule has 2 saturated heterocycles. The van der Waals surface area contributed by atoms with E-state index in [1.165, 1.54) is 0 Å². The van der Waals surface area contributed by atoms with E-state index in [4.69, 9.17) is 4.74 Å². The summed E-state index contributed by atoms with van der Waals surface area (Å²) < 4.78 is 5.33. The first-order valence-corrected chi connectivity index (χ1v) is 5.36. The molecule has 2 aliphatic rings. The van der Waals surface area contributed by atoms with Gasteiger partial charge in [0.05, 0.1) is 6.10 Å². The molecule has 2 aliphatic heterocycles. The molecule has 14 heavy (non-hydrogen) atoms. The molecule has 0 radical (unpaired) electrons. The number of hydrogen-bond acceptors (Lipinski definition) is 3. The van der Waals surface area contributed by atoms with Gasteiger partial charge in [-0.05, 0) is 25.7 Å². The van der Waals surface area contributed by atoms with Gasteiger partial charge >= 0.3 is 0 Å². The number of carbonyl (C=O) groups is 1. The fourth-order valence-electron chi connectivity index (χ4n) is 2.13. The van der Waals surface area contributed by atoms with Crippen molar-refractivity contribution in [2.45, 2.75) is 37.9 Å². The van der Waals surface area contributed by atoms with Crippen molar-refractivity contribution in [3.05, 3.63) is 0 Å². The first-order valence-electron chi connectivity index (χ1n) is 5.36. The topological polar surface area (TPSA) is 49.8 Å². The molecule has 2 rings (SSSR count). The highest BCUT2D eigenvalue weighted by Gasteiger charge is 2.30. The van der Waals surface area contributed by atoms with Crippen LogP contribution in [0.1, 0.15) is 25.7 Å². The Morgan fingerprint density at radius 2 is 2.21 bits per heavy atom. The second-order valence-electron chi connectivity index (χ2n) is 4.08. The molecular formula is C10H17NO3. The molecule has 1 N–H and O–H groups in total. The Labute approximate surface area is 83.8 Å². The Morgan fingerprint density at radius 3 is 2.86 bits per heavy atom. The molecule has 4 nitrogen and oxygen atoms in total. The first-order chi connectivity index (χ1) is 6.77. The van der Waals surface area contributed by atoms with Gasteiger partial charge in [-0.3, -0.25) is 4.79 Å². The number of nitrogens with zero attached hydrogens (tertiary/aromatic N) is 1. The quantitative estimate of drug-likeness (QED) is 0.654. The lowest BCUT2D eigenvalue weighted by atomic mass is 10.1. The monoisotopic (exact) mass is 199 g/mol. The van der Waals surface area contributed by atoms with E-state index < -0.39 is 0 Å². The van der Waals surface area contributed by atoms with Crippen LogP contribution < -0.4 is 0 Å². The number of likely N-dealkylation sites (tertiary alicyclic amines) is 1. The molecule has 0 saturated carbocycles. The summed E-state index contributed by atoms with van der Waals surface area (Å²) in [7, 11) is 0. The average molecular weight is 199 g/mol. The molecule has 0 spiro atoms. The maximum absolute atomic E-state index is 11.8. The highest BCUT2D eigenvalue weighted by Crippen LogP contribution is 2.17. The SMILES string of the molecule is O=C([C@H]1CCCO1)N1CCC[C@H](O)C1. The Hall–Kier alpha value is -0.610. The first kappa shape index (κ1) is 9.93. The summed E-state index contributed by atoms with van der Waals surface area (Å²) in [5, 5.41) is 9.44. The summed E-state index contributed by atoms with van der Waals surface area (Å²) in [6, 6.07) is 0. The van der Waals surface area contributed by atoms with Crippen LogP contribution in [0.2, 0.25) is 0 Å². The number of amides is 1. The third-order valence-corrected chi connectivity index (χ3v) is 2.91. The fraction of sp³-hybridized carbons (Fsp3) is 0.900. The molecule has 1 amide bonds. The van der Waals surface area contributed by atoms with Crippen LogP contribution >= 0.6 is 0 Å². The standard InChI is InChI=1S/C10H17NO3/c12-8-3-1-5-11(7-8)10(13)9-4-2-6-14-9/h8-9,12H,1-7H2/t8-,9+/m0/s1. The maximum Gasteiger partial charge on any atom is 0.251 e. The molecule has 0 aromatic carbocycles. The molecular weight excluding hydrogens is 182 g/mol. The summed E-state index contributed by atoms with van der Waals surface area (Å²) in [5.41, 5.74) is 0. The van der Waals surface area contributed by atoms with Gasteiger partial charge < -0.3 is 14.7 Å². The van der Waals surface area contributed by atoms with E-state index in [2.05, 4.69) is 0 Å². The molecule has 0 aromatic heterocycles. The molecule has 0 aromatic rings. The van der Waals surface area contributed by atoms with E-state index in [0.29, 0.717) is 13.2 Å². The Kier molecular flexibility index (Phi) is 3.03. The Balaban J connectivity index is 1.89. The molecule has 0 unspecified atom stereocenters. The van der Waals surface area contributed by atoms with Crippen LogP contribution in [0.4, 0.5) is 0 Å². The van der Waals surface area contributed by atoms with Crippen molar-refractivity contribution >= 4 is 5.91 Å². The lowest BCUT2D eigenvalue weighted by Gasteiger charge is -2.31. The van der Waals surface area contributed by atoms with Crippen LogP contribution in [0, 0.1) is 0 Å². The average Bonchev–Trinajstić information content (AvgIpc) is 2.69. The third kappa shape index (κ3) is 2.07. The number of aliphatic hydroxyl groups excluding tert-OH is 1. The Morgan fingerprint density at radius 1 is 1.36 bits per heavy atom. The summed E-state index contributed by atoms with van der Waals surface area (Å²) >= 11 is 0. The lowest BCUT2D eigenvalue weighted by Crippen LogP contribution is -2.46. The van der Waals surface area contributed by atoms with Gasteiger partial charge in [-0.2, -0.15) is 0 Å². The smallest absolute Gasteiger partial charge is 0.251 e. The van der Waals surface area contributed by atoms with Gasteiger partial charge in [0.25, 0.3) is 5.91 Å². The maximum atomic E-state index is 11.8. The number of hydrogen-bond donors (Lipinski definition) is 1. The van der Waals surface area contributed by atoms with E-state index in [0.717, 1.165) is 32.2 Å². The third-order valence-electron chi connectivity index (χ3n) is 2.91. The molecule has 4 heteroatoms. The van der Waals surface area contributed by atoms with Crippen LogP contribution in [0.3, 0.4) is 0 Å². The van der Waals surface area contributed by atoms with Crippen molar-refractivity contribution in [3.8, 4) is 0 Å². The van der Waals surface area contributed by atoms with E-state index in [9.17, 15) is 9.90 Å². The normalized spacial score (nSPS) is 33.4. The summed E-state index contributed by atoms with van der Waals surface area (Å²) in [6.07, 6.45) is 2.96. The second kappa shape index (κ2) is 4.28. The van der Waals surface area contributed by atoms with Gasteiger partial charge in [-0.25, -0.2) is 0 Å². The van der Waals surface area contributed by atoms with E-state index in [1.54, 1.807) is 4.90 Å². The van der Waals surface area contributed by atoms with E-state index >= 15 is 0 Å². The van der Waals surface area contributed by atoms with Crippen molar-refractivity contribution < 1.29 is 14.6 Å². The number of carbonyl (C=O) groups excluding carboxylic acids is 1. The molecule has 0 bridgehead atoms. The molecule has 2 atom stereocenters. The van der Waals surface area contributed by atoms with Crippen LogP contribution in [-0.2, 0) is 9.53 Å². The largest absolute Gasteiger partial charge is 0.391 e. The Bertz CT molecular complexity index is 213. The van der Waals surface area contributed by atoms with Gasteiger partial charge in [0.2, 0.25) is 0 Å². The van der Waals surface area contributed by atoms with E-state index in [1.807, 2.05) is 0 Å². The second-order valence-corrected chi connectivity index (χ2v) is 4.08. The fourth-order valence-corrected chi connectivity index (χ4v) is 2.13. The predicted octanol–water partition coefficient (Wildman–Crippen LogP) is 0.149. The van der Waals surface area contributed by atoms with Crippen molar-refractivity contribution in [2.24, 2.45) is 0 Å². The van der Waals surface area contributed by atoms with Gasteiger partial charge in [0.1, 0.15) is 6.10 Å². The van der Waals surface area contributed by atoms with E-state index in [-0.39, 0.29) is 18.1 Å². The minimum Gasteiger partial charge on any atom is -0.391 e. The van der Waals surface area contributed by atoms with Crippen molar-refractivity contribution in [1.29, 1.82) is 0 Å². The van der Waals surface area contributed by atoms with Crippen LogP contribution in [0.5, 0.6) is 0 Å². The van der Waals surface area contributed by atoms with Crippen LogP contribution in [0.15, 0.2) is 0 Å². The highest BCUT2D eigenvalue weighted by molar-refractivity contribution is 5.81. The number of ether oxygens (including phenoxy) is 1. The number of piperidine rings is 1. The summed E-state index contributed by atoms with van der Waals surface area (Å²) in [5.74, 6) is 0.0706. The lowest BCUT2D eigenvalue weighted by molar-refractivity contribution is -0.143. The van der Waals surface area contributed by atoms with Gasteiger partial charge in [0, 0.05) is 19.7 Å². The highest BCUT2D eigenvalue weighted by atomic mass is 16.5. The van der Waals surface area contributed by atoms with Crippen molar-refractivity contribution in [2.75, 3.05) is 19.7 Å². The van der Waals surface area contributed by atoms with Gasteiger partial charge in [0.15, 0.2) is 0 Å². The zero-order valence-electron chi connectivity index (χ0n) is 8.32. The molecule has 2 heterocycles. The molecule has 2 fully saturated rings. The molecule has 0 aliphatic carbocycles. The van der Waals surface area contributed by atoms with Crippen molar-refractivity contribution in [1.82, 2.24) is 4.90 Å². The minimum atomic E-state index is -0.339. The number of aliphatic hydroxyl groups is 1. The summed E-state index contributed by atoms with van der Waals surface area (Å²) in [4.78, 5) is 13.6. The van der Waals surface area contributed by atoms with Crippen molar-refractivity contribution in [3.63, 3.8) is 0 Å². The van der Waals surface area contributed by atoms with Crippen LogP contribution in [-0.4, -0.2) is 47.8 Å². The summed E-state index contributed by atoms with van der Waals surface area (Å²) in [6.45, 7) is 1.96. The minimum absolute atomic E-state index is 0.0706.